The molecule has 11 heteroatoms. The fourth-order valence-corrected chi connectivity index (χ4v) is 2.58. The molecule has 0 saturated carbocycles. The highest BCUT2D eigenvalue weighted by molar-refractivity contribution is 5.92. The average Bonchev–Trinajstić information content (AvgIpc) is 2.85. The normalized spacial score (nSPS) is 19.6. The zero-order valence-electron chi connectivity index (χ0n) is 12.4. The third kappa shape index (κ3) is 3.34. The lowest BCUT2D eigenvalue weighted by atomic mass is 9.98. The van der Waals surface area contributed by atoms with Crippen molar-refractivity contribution < 1.29 is 41.0 Å². The highest BCUT2D eigenvalue weighted by Crippen LogP contribution is 2.40. The topological polar surface area (TPSA) is 73.6 Å². The van der Waals surface area contributed by atoms with Crippen molar-refractivity contribution in [2.45, 2.75) is 31.4 Å². The quantitative estimate of drug-likeness (QED) is 0.814. The number of aliphatic hydroxyl groups excluding tert-OH is 1. The molecule has 5 nitrogen and oxygen atoms in total. The van der Waals surface area contributed by atoms with Crippen LogP contribution in [0.4, 0.5) is 36.8 Å². The maximum absolute atomic E-state index is 13.2. The Morgan fingerprint density at radius 1 is 1.32 bits per heavy atom. The van der Waals surface area contributed by atoms with Crippen molar-refractivity contribution in [3.8, 4) is 6.07 Å². The Morgan fingerprint density at radius 2 is 1.92 bits per heavy atom. The largest absolute Gasteiger partial charge is 0.447 e. The molecule has 1 aromatic rings. The molecule has 2 rings (SSSR count). The summed E-state index contributed by atoms with van der Waals surface area (Å²) in [6, 6.07) is 1.05. The van der Waals surface area contributed by atoms with Gasteiger partial charge in [-0.15, -0.1) is 0 Å². The molecule has 2 atom stereocenters. The lowest BCUT2D eigenvalue weighted by Crippen LogP contribution is -2.49. The Balaban J connectivity index is 2.60. The molecule has 0 unspecified atom stereocenters. The van der Waals surface area contributed by atoms with Gasteiger partial charge in [0.2, 0.25) is 0 Å². The zero-order chi connectivity index (χ0) is 19.2. The summed E-state index contributed by atoms with van der Waals surface area (Å²) in [5, 5.41) is 18.2. The van der Waals surface area contributed by atoms with Crippen molar-refractivity contribution in [1.82, 2.24) is 0 Å². The van der Waals surface area contributed by atoms with Gasteiger partial charge in [-0.3, -0.25) is 4.90 Å². The van der Waals surface area contributed by atoms with E-state index in [1.165, 1.54) is 6.07 Å². The van der Waals surface area contributed by atoms with Crippen LogP contribution in [-0.2, 0) is 10.9 Å². The van der Waals surface area contributed by atoms with Crippen LogP contribution >= 0.6 is 0 Å². The Morgan fingerprint density at radius 3 is 2.40 bits per heavy atom. The van der Waals surface area contributed by atoms with Crippen molar-refractivity contribution in [2.75, 3.05) is 11.5 Å². The van der Waals surface area contributed by atoms with Crippen LogP contribution < -0.4 is 4.90 Å². The first-order valence-corrected chi connectivity index (χ1v) is 6.71. The fourth-order valence-electron chi connectivity index (χ4n) is 2.58. The molecule has 1 fully saturated rings. The molecule has 1 saturated heterocycles. The van der Waals surface area contributed by atoms with Crippen LogP contribution in [-0.4, -0.2) is 36.1 Å². The van der Waals surface area contributed by atoms with Crippen LogP contribution in [0.3, 0.4) is 0 Å². The molecular weight excluding hydrogens is 358 g/mol. The molecule has 25 heavy (non-hydrogen) atoms. The minimum atomic E-state index is -5.11. The van der Waals surface area contributed by atoms with Gasteiger partial charge in [0, 0.05) is 0 Å². The second-order valence-electron chi connectivity index (χ2n) is 5.24. The standard InChI is InChI=1S/C14H10F6N2O3/c1-6-8(3-2-7(4-21)10(6)13(15,16)17)22-9(5-25-12(22)24)11(23)14(18,19)20/h2-3,9,11,23H,5H2,1H3/t9-,11+/m1/s1. The number of alkyl halides is 6. The summed E-state index contributed by atoms with van der Waals surface area (Å²) in [6.07, 6.45) is -14.4. The highest BCUT2D eigenvalue weighted by Gasteiger charge is 2.51. The van der Waals surface area contributed by atoms with E-state index in [-0.39, 0.29) is 0 Å². The number of carbonyl (C=O) groups is 1. The van der Waals surface area contributed by atoms with Gasteiger partial charge in [-0.05, 0) is 24.6 Å². The van der Waals surface area contributed by atoms with E-state index in [1.807, 2.05) is 0 Å². The van der Waals surface area contributed by atoms with Crippen molar-refractivity contribution in [2.24, 2.45) is 0 Å². The smallest absolute Gasteiger partial charge is 0.418 e. The number of hydrogen-bond acceptors (Lipinski definition) is 4. The molecule has 1 aliphatic heterocycles. The van der Waals surface area contributed by atoms with E-state index < -0.39 is 59.6 Å². The first kappa shape index (κ1) is 18.9. The minimum Gasteiger partial charge on any atom is -0.447 e. The average molecular weight is 368 g/mol. The second kappa shape index (κ2) is 6.11. The van der Waals surface area contributed by atoms with Crippen LogP contribution in [0.2, 0.25) is 0 Å². The first-order valence-electron chi connectivity index (χ1n) is 6.71. The third-order valence-electron chi connectivity index (χ3n) is 3.71. The molecule has 0 radical (unpaired) electrons. The molecular formula is C14H10F6N2O3. The van der Waals surface area contributed by atoms with Gasteiger partial charge < -0.3 is 9.84 Å². The SMILES string of the molecule is Cc1c(N2C(=O)OC[C@@H]2[C@H](O)C(F)(F)F)ccc(C#N)c1C(F)(F)F. The molecule has 0 spiro atoms. The van der Waals surface area contributed by atoms with Crippen LogP contribution in [0.25, 0.3) is 0 Å². The van der Waals surface area contributed by atoms with Crippen LogP contribution in [0.15, 0.2) is 12.1 Å². The van der Waals surface area contributed by atoms with Crippen molar-refractivity contribution in [1.29, 1.82) is 5.26 Å². The Bertz CT molecular complexity index is 738. The molecule has 0 bridgehead atoms. The highest BCUT2D eigenvalue weighted by atomic mass is 19.4. The van der Waals surface area contributed by atoms with Crippen LogP contribution in [0.5, 0.6) is 0 Å². The molecule has 1 N–H and O–H groups in total. The number of carbonyl (C=O) groups excluding carboxylic acids is 1. The summed E-state index contributed by atoms with van der Waals surface area (Å²) >= 11 is 0. The van der Waals surface area contributed by atoms with Crippen molar-refractivity contribution >= 4 is 11.8 Å². The minimum absolute atomic E-state index is 0.323. The maximum Gasteiger partial charge on any atom is 0.418 e. The van der Waals surface area contributed by atoms with E-state index in [2.05, 4.69) is 4.74 Å². The molecule has 0 aliphatic carbocycles. The predicted molar refractivity (Wildman–Crippen MR) is 70.6 cm³/mol. The number of amides is 1. The van der Waals surface area contributed by atoms with E-state index >= 15 is 0 Å². The number of aliphatic hydroxyl groups is 1. The third-order valence-corrected chi connectivity index (χ3v) is 3.71. The number of nitrogens with zero attached hydrogens (tertiary/aromatic N) is 2. The molecule has 1 aromatic carbocycles. The van der Waals surface area contributed by atoms with Crippen LogP contribution in [0.1, 0.15) is 16.7 Å². The molecule has 1 amide bonds. The zero-order valence-corrected chi connectivity index (χ0v) is 12.4. The van der Waals surface area contributed by atoms with E-state index in [1.54, 1.807) is 0 Å². The fraction of sp³-hybridized carbons (Fsp3) is 0.429. The molecule has 136 valence electrons. The number of ether oxygens (including phenoxy) is 1. The number of anilines is 1. The maximum atomic E-state index is 13.2. The summed E-state index contributed by atoms with van der Waals surface area (Å²) in [5.41, 5.74) is -3.26. The van der Waals surface area contributed by atoms with E-state index in [0.717, 1.165) is 19.1 Å². The summed E-state index contributed by atoms with van der Waals surface area (Å²) in [7, 11) is 0. The number of cyclic esters (lactones) is 1. The summed E-state index contributed by atoms with van der Waals surface area (Å²) in [6.45, 7) is 0.0714. The molecule has 0 aromatic heterocycles. The Kier molecular flexibility index (Phi) is 4.61. The molecule has 1 heterocycles. The summed E-state index contributed by atoms with van der Waals surface area (Å²) in [4.78, 5) is 12.1. The predicted octanol–water partition coefficient (Wildman–Crippen LogP) is 3.13. The number of nitriles is 1. The molecule has 1 aliphatic rings. The van der Waals surface area contributed by atoms with E-state index in [4.69, 9.17) is 5.26 Å². The van der Waals surface area contributed by atoms with Crippen molar-refractivity contribution in [3.63, 3.8) is 0 Å². The van der Waals surface area contributed by atoms with Gasteiger partial charge >= 0.3 is 18.4 Å². The van der Waals surface area contributed by atoms with Gasteiger partial charge in [-0.2, -0.15) is 31.6 Å². The summed E-state index contributed by atoms with van der Waals surface area (Å²) in [5.74, 6) is 0. The van der Waals surface area contributed by atoms with Gasteiger partial charge in [0.1, 0.15) is 12.6 Å². The van der Waals surface area contributed by atoms with Gasteiger partial charge in [-0.1, -0.05) is 0 Å². The Hall–Kier alpha value is -2.48. The number of rotatable bonds is 2. The van der Waals surface area contributed by atoms with Gasteiger partial charge in [0.05, 0.1) is 22.9 Å². The first-order chi connectivity index (χ1) is 11.4. The lowest BCUT2D eigenvalue weighted by molar-refractivity contribution is -0.209. The monoisotopic (exact) mass is 368 g/mol. The number of benzene rings is 1. The van der Waals surface area contributed by atoms with E-state index in [0.29, 0.717) is 4.90 Å². The number of halogens is 6. The van der Waals surface area contributed by atoms with Gasteiger partial charge in [0.25, 0.3) is 0 Å². The van der Waals surface area contributed by atoms with E-state index in [9.17, 15) is 36.2 Å². The van der Waals surface area contributed by atoms with Gasteiger partial charge in [0.15, 0.2) is 6.10 Å². The lowest BCUT2D eigenvalue weighted by Gasteiger charge is -2.29. The van der Waals surface area contributed by atoms with Crippen molar-refractivity contribution in [3.05, 3.63) is 28.8 Å². The van der Waals surface area contributed by atoms with Gasteiger partial charge in [-0.25, -0.2) is 4.79 Å². The second-order valence-corrected chi connectivity index (χ2v) is 5.24. The Labute approximate surface area is 137 Å². The van der Waals surface area contributed by atoms with Crippen LogP contribution in [0, 0.1) is 18.3 Å². The number of hydrogen-bond donors (Lipinski definition) is 1. The summed E-state index contributed by atoms with van der Waals surface area (Å²) < 4.78 is 82.3.